The van der Waals surface area contributed by atoms with Gasteiger partial charge in [0.15, 0.2) is 0 Å². The van der Waals surface area contributed by atoms with Gasteiger partial charge in [-0.1, -0.05) is 13.8 Å². The van der Waals surface area contributed by atoms with Gasteiger partial charge in [-0.25, -0.2) is 0 Å². The fourth-order valence-electron chi connectivity index (χ4n) is 0.709. The average molecular weight is 175 g/mol. The van der Waals surface area contributed by atoms with Crippen molar-refractivity contribution in [2.24, 2.45) is 0 Å². The molecule has 0 aliphatic heterocycles. The molecule has 0 spiro atoms. The van der Waals surface area contributed by atoms with Gasteiger partial charge in [-0.15, -0.1) is 0 Å². The third-order valence-corrected chi connectivity index (χ3v) is 1.38. The van der Waals surface area contributed by atoms with Crippen LogP contribution in [0.4, 0.5) is 0 Å². The molecule has 1 N–H and O–H groups in total. The summed E-state index contributed by atoms with van der Waals surface area (Å²) in [5.74, 6) is -1.47. The molecule has 3 heteroatoms. The van der Waals surface area contributed by atoms with E-state index in [0.29, 0.717) is 13.2 Å². The minimum absolute atomic E-state index is 0.215. The third kappa shape index (κ3) is 4.70. The molecule has 0 fully saturated rings. The van der Waals surface area contributed by atoms with Crippen molar-refractivity contribution < 1.29 is 14.6 Å². The predicted octanol–water partition coefficient (Wildman–Crippen LogP) is 1.71. The molecule has 0 saturated carbocycles. The summed E-state index contributed by atoms with van der Waals surface area (Å²) in [5.41, 5.74) is 0. The molecule has 0 amide bonds. The molecule has 0 rings (SSSR count). The highest BCUT2D eigenvalue weighted by Gasteiger charge is 2.25. The lowest BCUT2D eigenvalue weighted by Gasteiger charge is -2.26. The zero-order valence-corrected chi connectivity index (χ0v) is 8.01. The van der Waals surface area contributed by atoms with E-state index < -0.39 is 5.97 Å². The molecule has 0 aromatic rings. The smallest absolute Gasteiger partial charge is 0.280 e. The molecule has 0 saturated heterocycles. The van der Waals surface area contributed by atoms with Gasteiger partial charge in [0.1, 0.15) is 0 Å². The lowest BCUT2D eigenvalue weighted by molar-refractivity contribution is -0.358. The van der Waals surface area contributed by atoms with Gasteiger partial charge in [-0.3, -0.25) is 0 Å². The maximum absolute atomic E-state index is 9.58. The highest BCUT2D eigenvalue weighted by atomic mass is 16.8. The van der Waals surface area contributed by atoms with Crippen molar-refractivity contribution in [3.63, 3.8) is 0 Å². The summed E-state index contributed by atoms with van der Waals surface area (Å²) in [6.07, 6.45) is 1.93. The highest BCUT2D eigenvalue weighted by Crippen LogP contribution is 2.14. The minimum atomic E-state index is -1.47. The second-order valence-corrected chi connectivity index (χ2v) is 2.66. The van der Waals surface area contributed by atoms with Crippen molar-refractivity contribution in [3.05, 3.63) is 6.92 Å². The Kier molecular flexibility index (Phi) is 6.34. The van der Waals surface area contributed by atoms with Gasteiger partial charge in [0.05, 0.1) is 13.2 Å². The zero-order valence-electron chi connectivity index (χ0n) is 8.01. The second kappa shape index (κ2) is 6.40. The third-order valence-electron chi connectivity index (χ3n) is 1.38. The van der Waals surface area contributed by atoms with Gasteiger partial charge in [-0.2, -0.15) is 0 Å². The fraction of sp³-hybridized carbons (Fsp3) is 0.889. The van der Waals surface area contributed by atoms with Gasteiger partial charge in [0, 0.05) is 6.42 Å². The van der Waals surface area contributed by atoms with Crippen molar-refractivity contribution in [1.82, 2.24) is 0 Å². The molecule has 0 aliphatic carbocycles. The van der Waals surface area contributed by atoms with E-state index in [9.17, 15) is 5.11 Å². The quantitative estimate of drug-likeness (QED) is 0.599. The van der Waals surface area contributed by atoms with Gasteiger partial charge >= 0.3 is 0 Å². The maximum Gasteiger partial charge on any atom is 0.280 e. The number of ether oxygens (including phenoxy) is 2. The van der Waals surface area contributed by atoms with Crippen LogP contribution < -0.4 is 0 Å². The van der Waals surface area contributed by atoms with Crippen molar-refractivity contribution >= 4 is 0 Å². The average Bonchev–Trinajstić information content (AvgIpc) is 2.11. The molecule has 0 aromatic heterocycles. The zero-order chi connectivity index (χ0) is 9.45. The standard InChI is InChI=1S/C9H19O3/c1-4-7-11-9(10,6-3)12-8-5-2/h10H,3-8H2,1-2H3. The Morgan fingerprint density at radius 3 is 1.83 bits per heavy atom. The van der Waals surface area contributed by atoms with Gasteiger partial charge in [0.2, 0.25) is 0 Å². The van der Waals surface area contributed by atoms with Crippen LogP contribution in [0.15, 0.2) is 0 Å². The van der Waals surface area contributed by atoms with Crippen LogP contribution in [0.1, 0.15) is 33.1 Å². The van der Waals surface area contributed by atoms with E-state index in [4.69, 9.17) is 9.47 Å². The van der Waals surface area contributed by atoms with Crippen molar-refractivity contribution in [2.75, 3.05) is 13.2 Å². The first kappa shape index (κ1) is 11.9. The van der Waals surface area contributed by atoms with Crippen LogP contribution in [0.25, 0.3) is 0 Å². The molecular weight excluding hydrogens is 156 g/mol. The maximum atomic E-state index is 9.58. The van der Waals surface area contributed by atoms with Crippen molar-refractivity contribution in [2.45, 2.75) is 39.1 Å². The largest absolute Gasteiger partial charge is 0.343 e. The number of aliphatic hydroxyl groups is 1. The highest BCUT2D eigenvalue weighted by molar-refractivity contribution is 4.55. The molecule has 12 heavy (non-hydrogen) atoms. The van der Waals surface area contributed by atoms with Crippen LogP contribution in [-0.2, 0) is 9.47 Å². The van der Waals surface area contributed by atoms with E-state index >= 15 is 0 Å². The van der Waals surface area contributed by atoms with Gasteiger partial charge in [0.25, 0.3) is 5.97 Å². The monoisotopic (exact) mass is 175 g/mol. The molecular formula is C9H19O3. The normalized spacial score (nSPS) is 12.0. The summed E-state index contributed by atoms with van der Waals surface area (Å²) in [7, 11) is 0. The molecule has 0 aromatic carbocycles. The van der Waals surface area contributed by atoms with Crippen LogP contribution in [0.5, 0.6) is 0 Å². The fourth-order valence-corrected chi connectivity index (χ4v) is 0.709. The van der Waals surface area contributed by atoms with Crippen LogP contribution >= 0.6 is 0 Å². The van der Waals surface area contributed by atoms with Crippen molar-refractivity contribution in [1.29, 1.82) is 0 Å². The Bertz CT molecular complexity index is 95.9. The Labute approximate surface area is 74.7 Å². The summed E-state index contributed by atoms with van der Waals surface area (Å²) in [4.78, 5) is 0. The van der Waals surface area contributed by atoms with Gasteiger partial charge < -0.3 is 14.6 Å². The Morgan fingerprint density at radius 1 is 1.17 bits per heavy atom. The molecule has 0 atom stereocenters. The van der Waals surface area contributed by atoms with E-state index in [1.165, 1.54) is 0 Å². The first-order chi connectivity index (χ1) is 5.68. The Hall–Kier alpha value is -0.120. The van der Waals surface area contributed by atoms with Crippen LogP contribution in [0.3, 0.4) is 0 Å². The summed E-state index contributed by atoms with van der Waals surface area (Å²) >= 11 is 0. The predicted molar refractivity (Wildman–Crippen MR) is 47.4 cm³/mol. The Morgan fingerprint density at radius 2 is 1.58 bits per heavy atom. The molecule has 0 bridgehead atoms. The summed E-state index contributed by atoms with van der Waals surface area (Å²) in [6.45, 7) is 8.51. The lowest BCUT2D eigenvalue weighted by atomic mass is 10.4. The Balaban J connectivity index is 3.70. The van der Waals surface area contributed by atoms with Crippen molar-refractivity contribution in [3.8, 4) is 0 Å². The summed E-state index contributed by atoms with van der Waals surface area (Å²) in [5, 5.41) is 9.58. The van der Waals surface area contributed by atoms with Crippen LogP contribution in [0, 0.1) is 6.92 Å². The molecule has 0 heterocycles. The first-order valence-corrected chi connectivity index (χ1v) is 4.48. The minimum Gasteiger partial charge on any atom is -0.343 e. The summed E-state index contributed by atoms with van der Waals surface area (Å²) in [6, 6.07) is 0. The van der Waals surface area contributed by atoms with E-state index in [1.807, 2.05) is 13.8 Å². The van der Waals surface area contributed by atoms with Gasteiger partial charge in [-0.05, 0) is 19.8 Å². The summed E-state index contributed by atoms with van der Waals surface area (Å²) < 4.78 is 10.2. The topological polar surface area (TPSA) is 38.7 Å². The van der Waals surface area contributed by atoms with E-state index in [2.05, 4.69) is 6.92 Å². The molecule has 0 aliphatic rings. The number of hydrogen-bond donors (Lipinski definition) is 1. The number of rotatable bonds is 7. The van der Waals surface area contributed by atoms with Crippen LogP contribution in [0.2, 0.25) is 0 Å². The molecule has 0 unspecified atom stereocenters. The molecule has 73 valence electrons. The van der Waals surface area contributed by atoms with Crippen LogP contribution in [-0.4, -0.2) is 24.3 Å². The van der Waals surface area contributed by atoms with E-state index in [1.54, 1.807) is 0 Å². The second-order valence-electron chi connectivity index (χ2n) is 2.66. The molecule has 3 nitrogen and oxygen atoms in total. The lowest BCUT2D eigenvalue weighted by Crippen LogP contribution is -2.35. The molecule has 1 radical (unpaired) electrons. The van der Waals surface area contributed by atoms with E-state index in [0.717, 1.165) is 12.8 Å². The first-order valence-electron chi connectivity index (χ1n) is 4.48. The van der Waals surface area contributed by atoms with E-state index in [-0.39, 0.29) is 6.42 Å². The SMILES string of the molecule is [CH2]CC(O)(OCCC)OCCC. The number of hydrogen-bond acceptors (Lipinski definition) is 3.